The van der Waals surface area contributed by atoms with E-state index in [1.807, 2.05) is 12.4 Å². The summed E-state index contributed by atoms with van der Waals surface area (Å²) in [5.41, 5.74) is 4.02. The van der Waals surface area contributed by atoms with Crippen molar-refractivity contribution in [2.45, 2.75) is 50.6 Å². The molecule has 0 saturated carbocycles. The number of rotatable bonds is 6. The largest absolute Gasteiger partial charge is 0.490 e. The molecule has 0 aliphatic carbocycles. The smallest absolute Gasteiger partial charge is 0.139 e. The SMILES string of the molecule is c1ccc2c(c1)CC(CC1CCN(c3cncc(OCC4CCCN4)c3)CC1)N2. The first-order valence-corrected chi connectivity index (χ1v) is 11.2. The van der Waals surface area contributed by atoms with Gasteiger partial charge in [0.25, 0.3) is 0 Å². The van der Waals surface area contributed by atoms with Crippen molar-refractivity contribution in [3.05, 3.63) is 48.3 Å². The predicted molar refractivity (Wildman–Crippen MR) is 118 cm³/mol. The van der Waals surface area contributed by atoms with Crippen molar-refractivity contribution in [3.8, 4) is 5.75 Å². The lowest BCUT2D eigenvalue weighted by Crippen LogP contribution is -2.35. The van der Waals surface area contributed by atoms with E-state index in [-0.39, 0.29) is 0 Å². The van der Waals surface area contributed by atoms with E-state index in [9.17, 15) is 0 Å². The second kappa shape index (κ2) is 8.62. The number of fused-ring (bicyclic) bond motifs is 1. The highest BCUT2D eigenvalue weighted by Gasteiger charge is 2.26. The number of piperidine rings is 1. The van der Waals surface area contributed by atoms with Gasteiger partial charge >= 0.3 is 0 Å². The van der Waals surface area contributed by atoms with Gasteiger partial charge in [-0.3, -0.25) is 4.98 Å². The molecule has 1 aromatic carbocycles. The molecule has 0 radical (unpaired) electrons. The predicted octanol–water partition coefficient (Wildman–Crippen LogP) is 3.86. The van der Waals surface area contributed by atoms with E-state index in [4.69, 9.17) is 4.74 Å². The fourth-order valence-electron chi connectivity index (χ4n) is 5.10. The molecule has 2 atom stereocenters. The van der Waals surface area contributed by atoms with Gasteiger partial charge in [-0.2, -0.15) is 0 Å². The second-order valence-electron chi connectivity index (χ2n) is 8.85. The number of hydrogen-bond donors (Lipinski definition) is 2. The van der Waals surface area contributed by atoms with E-state index in [1.165, 1.54) is 55.5 Å². The summed E-state index contributed by atoms with van der Waals surface area (Å²) in [4.78, 5) is 6.91. The maximum atomic E-state index is 6.00. The summed E-state index contributed by atoms with van der Waals surface area (Å²) in [5, 5.41) is 7.21. The van der Waals surface area contributed by atoms with Crippen molar-refractivity contribution in [2.75, 3.05) is 36.5 Å². The number of ether oxygens (including phenoxy) is 1. The molecule has 5 nitrogen and oxygen atoms in total. The van der Waals surface area contributed by atoms with Crippen molar-refractivity contribution >= 4 is 11.4 Å². The van der Waals surface area contributed by atoms with Gasteiger partial charge in [0, 0.05) is 36.9 Å². The average Bonchev–Trinajstić information content (AvgIpc) is 3.42. The van der Waals surface area contributed by atoms with Crippen LogP contribution in [0.5, 0.6) is 5.75 Å². The molecule has 2 unspecified atom stereocenters. The zero-order chi connectivity index (χ0) is 19.5. The molecule has 2 fully saturated rings. The Kier molecular flexibility index (Phi) is 5.57. The van der Waals surface area contributed by atoms with Crippen LogP contribution in [0.2, 0.25) is 0 Å². The molecule has 29 heavy (non-hydrogen) atoms. The van der Waals surface area contributed by atoms with Gasteiger partial charge in [0.15, 0.2) is 0 Å². The van der Waals surface area contributed by atoms with Crippen LogP contribution in [0.25, 0.3) is 0 Å². The van der Waals surface area contributed by atoms with Crippen molar-refractivity contribution in [1.82, 2.24) is 10.3 Å². The van der Waals surface area contributed by atoms with E-state index in [0.717, 1.165) is 37.9 Å². The molecule has 2 N–H and O–H groups in total. The average molecular weight is 393 g/mol. The van der Waals surface area contributed by atoms with Gasteiger partial charge < -0.3 is 20.3 Å². The standard InChI is InChI=1S/C24H32N4O/c1-2-6-24-19(4-1)13-21(27-24)12-18-7-10-28(11-8-18)22-14-23(16-25-15-22)29-17-20-5-3-9-26-20/h1-2,4,6,14-16,18,20-21,26-27H,3,5,7-13,17H2. The van der Waals surface area contributed by atoms with Crippen LogP contribution < -0.4 is 20.3 Å². The maximum Gasteiger partial charge on any atom is 0.139 e. The zero-order valence-corrected chi connectivity index (χ0v) is 17.1. The Hall–Kier alpha value is -2.27. The molecule has 2 aromatic rings. The number of nitrogens with zero attached hydrogens (tertiary/aromatic N) is 2. The number of nitrogens with one attached hydrogen (secondary N) is 2. The van der Waals surface area contributed by atoms with Crippen LogP contribution in [0, 0.1) is 5.92 Å². The monoisotopic (exact) mass is 392 g/mol. The molecule has 5 heteroatoms. The molecule has 4 heterocycles. The molecule has 3 aliphatic heterocycles. The molecule has 0 bridgehead atoms. The summed E-state index contributed by atoms with van der Waals surface area (Å²) in [6.07, 6.45) is 11.3. The van der Waals surface area contributed by atoms with Gasteiger partial charge in [-0.1, -0.05) is 18.2 Å². The lowest BCUT2D eigenvalue weighted by molar-refractivity contribution is 0.276. The first-order valence-electron chi connectivity index (χ1n) is 11.2. The molecule has 0 amide bonds. The van der Waals surface area contributed by atoms with Crippen molar-refractivity contribution in [2.24, 2.45) is 5.92 Å². The van der Waals surface area contributed by atoms with Gasteiger partial charge in [0.05, 0.1) is 18.1 Å². The zero-order valence-electron chi connectivity index (χ0n) is 17.1. The van der Waals surface area contributed by atoms with E-state index < -0.39 is 0 Å². The van der Waals surface area contributed by atoms with Crippen LogP contribution in [0.4, 0.5) is 11.4 Å². The highest BCUT2D eigenvalue weighted by molar-refractivity contribution is 5.56. The second-order valence-corrected chi connectivity index (χ2v) is 8.85. The third-order valence-electron chi connectivity index (χ3n) is 6.75. The van der Waals surface area contributed by atoms with Crippen LogP contribution in [0.1, 0.15) is 37.7 Å². The van der Waals surface area contributed by atoms with Gasteiger partial charge in [-0.15, -0.1) is 0 Å². The summed E-state index contributed by atoms with van der Waals surface area (Å²) >= 11 is 0. The Morgan fingerprint density at radius 2 is 1.97 bits per heavy atom. The minimum Gasteiger partial charge on any atom is -0.490 e. The molecule has 154 valence electrons. The molecule has 1 aromatic heterocycles. The Bertz CT molecular complexity index is 787. The number of hydrogen-bond acceptors (Lipinski definition) is 5. The summed E-state index contributed by atoms with van der Waals surface area (Å²) in [6.45, 7) is 4.08. The molecule has 2 saturated heterocycles. The maximum absolute atomic E-state index is 6.00. The van der Waals surface area contributed by atoms with E-state index in [1.54, 1.807) is 0 Å². The van der Waals surface area contributed by atoms with Gasteiger partial charge in [-0.05, 0) is 62.6 Å². The topological polar surface area (TPSA) is 49.4 Å². The van der Waals surface area contributed by atoms with E-state index in [0.29, 0.717) is 12.1 Å². The lowest BCUT2D eigenvalue weighted by Gasteiger charge is -2.34. The molecule has 5 rings (SSSR count). The lowest BCUT2D eigenvalue weighted by atomic mass is 9.89. The molecule has 3 aliphatic rings. The molecular weight excluding hydrogens is 360 g/mol. The molecule has 0 spiro atoms. The number of pyridine rings is 1. The third kappa shape index (κ3) is 4.50. The Labute approximate surface area is 173 Å². The van der Waals surface area contributed by atoms with Crippen LogP contribution in [0.15, 0.2) is 42.7 Å². The van der Waals surface area contributed by atoms with Crippen LogP contribution in [-0.4, -0.2) is 43.3 Å². The van der Waals surface area contributed by atoms with Crippen LogP contribution >= 0.6 is 0 Å². The first kappa shape index (κ1) is 18.7. The van der Waals surface area contributed by atoms with Crippen LogP contribution in [-0.2, 0) is 6.42 Å². The summed E-state index contributed by atoms with van der Waals surface area (Å²) in [5.74, 6) is 1.70. The fraction of sp³-hybridized carbons (Fsp3) is 0.542. The summed E-state index contributed by atoms with van der Waals surface area (Å²) in [6, 6.07) is 12.0. The highest BCUT2D eigenvalue weighted by atomic mass is 16.5. The number of anilines is 2. The Morgan fingerprint density at radius 1 is 1.07 bits per heavy atom. The van der Waals surface area contributed by atoms with Crippen molar-refractivity contribution in [1.29, 1.82) is 0 Å². The quantitative estimate of drug-likeness (QED) is 0.782. The number of aromatic nitrogens is 1. The summed E-state index contributed by atoms with van der Waals surface area (Å²) in [7, 11) is 0. The third-order valence-corrected chi connectivity index (χ3v) is 6.75. The summed E-state index contributed by atoms with van der Waals surface area (Å²) < 4.78 is 6.00. The molecular formula is C24H32N4O. The van der Waals surface area contributed by atoms with Crippen molar-refractivity contribution in [3.63, 3.8) is 0 Å². The van der Waals surface area contributed by atoms with E-state index >= 15 is 0 Å². The van der Waals surface area contributed by atoms with Gasteiger partial charge in [0.1, 0.15) is 12.4 Å². The fourth-order valence-corrected chi connectivity index (χ4v) is 5.10. The van der Waals surface area contributed by atoms with Crippen LogP contribution in [0.3, 0.4) is 0 Å². The number of benzene rings is 1. The van der Waals surface area contributed by atoms with Crippen molar-refractivity contribution < 1.29 is 4.74 Å². The van der Waals surface area contributed by atoms with Gasteiger partial charge in [0.2, 0.25) is 0 Å². The normalized spacial score (nSPS) is 24.3. The Morgan fingerprint density at radius 3 is 2.79 bits per heavy atom. The minimum atomic E-state index is 0.490. The number of para-hydroxylation sites is 1. The minimum absolute atomic E-state index is 0.490. The Balaban J connectivity index is 1.11. The van der Waals surface area contributed by atoms with Gasteiger partial charge in [-0.25, -0.2) is 0 Å². The highest BCUT2D eigenvalue weighted by Crippen LogP contribution is 2.32. The first-order chi connectivity index (χ1) is 14.3. The van der Waals surface area contributed by atoms with E-state index in [2.05, 4.69) is 50.8 Å².